The Balaban J connectivity index is 0.718. The molecule has 0 aliphatic carbocycles. The number of fused-ring (bicyclic) bond motifs is 2. The van der Waals surface area contributed by atoms with Gasteiger partial charge in [0.15, 0.2) is 0 Å². The minimum absolute atomic E-state index is 0.0361. The normalized spacial score (nSPS) is 16.9. The van der Waals surface area contributed by atoms with E-state index < -0.39 is 39.4 Å². The number of aromatic nitrogens is 3. The molecule has 0 saturated carbocycles. The number of anilines is 4. The quantitative estimate of drug-likeness (QED) is 0.0538. The average molecular weight is 956 g/mol. The zero-order chi connectivity index (χ0) is 48.0. The van der Waals surface area contributed by atoms with Crippen LogP contribution in [0.15, 0.2) is 79.1 Å². The number of benzene rings is 3. The molecule has 5 aromatic rings. The van der Waals surface area contributed by atoms with Gasteiger partial charge in [0.1, 0.15) is 11.6 Å². The Bertz CT molecular complexity index is 2770. The first-order chi connectivity index (χ1) is 32.7. The number of carbonyl (C=O) groups is 4. The lowest BCUT2D eigenvalue weighted by Crippen LogP contribution is -2.52. The minimum atomic E-state index is -4.78. The third-order valence-corrected chi connectivity index (χ3v) is 14.7. The molecule has 4 amide bonds. The van der Waals surface area contributed by atoms with Gasteiger partial charge in [-0.2, -0.15) is 13.2 Å². The van der Waals surface area contributed by atoms with E-state index in [-0.39, 0.29) is 59.9 Å². The summed E-state index contributed by atoms with van der Waals surface area (Å²) in [5.41, 5.74) is 2.19. The van der Waals surface area contributed by atoms with E-state index in [1.165, 1.54) is 24.4 Å². The van der Waals surface area contributed by atoms with E-state index in [2.05, 4.69) is 35.7 Å². The molecule has 68 heavy (non-hydrogen) atoms. The van der Waals surface area contributed by atoms with Crippen LogP contribution in [0.25, 0.3) is 22.2 Å². The number of hydrogen-bond acceptors (Lipinski definition) is 11. The van der Waals surface area contributed by atoms with Crippen molar-refractivity contribution >= 4 is 67.6 Å². The van der Waals surface area contributed by atoms with Crippen LogP contribution in [0.2, 0.25) is 0 Å². The summed E-state index contributed by atoms with van der Waals surface area (Å²) in [6.07, 6.45) is 6.54. The highest BCUT2D eigenvalue weighted by Gasteiger charge is 2.40. The molecule has 5 heterocycles. The molecule has 2 fully saturated rings. The summed E-state index contributed by atoms with van der Waals surface area (Å²) in [6.45, 7) is 6.35. The van der Waals surface area contributed by atoms with Gasteiger partial charge in [0, 0.05) is 97.1 Å². The van der Waals surface area contributed by atoms with Crippen molar-refractivity contribution in [3.05, 3.63) is 95.8 Å². The Kier molecular flexibility index (Phi) is 14.8. The number of halogens is 3. The maximum absolute atomic E-state index is 14.3. The smallest absolute Gasteiger partial charge is 0.369 e. The molecule has 0 radical (unpaired) electrons. The molecule has 3 aromatic carbocycles. The van der Waals surface area contributed by atoms with Gasteiger partial charge < -0.3 is 20.4 Å². The lowest BCUT2D eigenvalue weighted by Gasteiger charge is -2.36. The zero-order valence-corrected chi connectivity index (χ0v) is 38.8. The van der Waals surface area contributed by atoms with Gasteiger partial charge in [-0.25, -0.2) is 22.4 Å². The highest BCUT2D eigenvalue weighted by molar-refractivity contribution is 7.90. The third-order valence-electron chi connectivity index (χ3n) is 13.0. The van der Waals surface area contributed by atoms with Gasteiger partial charge >= 0.3 is 6.18 Å². The van der Waals surface area contributed by atoms with Gasteiger partial charge in [-0.1, -0.05) is 62.8 Å². The number of carbonyl (C=O) groups excluding carboxylic acids is 4. The molecular formula is C49H56F3N9O6S. The molecule has 1 atom stereocenters. The van der Waals surface area contributed by atoms with Crippen molar-refractivity contribution in [3.63, 3.8) is 0 Å². The monoisotopic (exact) mass is 955 g/mol. The van der Waals surface area contributed by atoms with Crippen molar-refractivity contribution in [1.82, 2.24) is 29.1 Å². The predicted molar refractivity (Wildman–Crippen MR) is 254 cm³/mol. The van der Waals surface area contributed by atoms with Crippen LogP contribution in [-0.2, 0) is 37.1 Å². The standard InChI is InChI=1S/C49H56F3N9O6S/c1-2-68(66,67)61-32-38(35-14-10-11-17-41(35)61)45-39(49(50,51)52)30-53-48(57-45)54-33-19-21-34(22-20-33)59-28-26-58(27-29-59)25-12-8-6-4-3-5-7-9-18-43(62)55-40-16-13-15-36-37(40)31-60(47(36)65)42-23-24-44(63)56-46(42)64/h10-11,13-17,19-22,30,32,42H,2-9,12,18,23-29,31H2,1H3,(H,55,62)(H,53,54,57)(H,56,63,64). The lowest BCUT2D eigenvalue weighted by atomic mass is 10.0. The van der Waals surface area contributed by atoms with E-state index in [1.807, 2.05) is 24.3 Å². The summed E-state index contributed by atoms with van der Waals surface area (Å²) in [6, 6.07) is 18.5. The summed E-state index contributed by atoms with van der Waals surface area (Å²) in [5, 5.41) is 8.64. The van der Waals surface area contributed by atoms with E-state index in [4.69, 9.17) is 0 Å². The topological polar surface area (TPSA) is 179 Å². The molecule has 0 bridgehead atoms. The Morgan fingerprint density at radius 2 is 1.56 bits per heavy atom. The minimum Gasteiger partial charge on any atom is -0.369 e. The number of nitrogens with one attached hydrogen (secondary N) is 3. The van der Waals surface area contributed by atoms with Crippen LogP contribution in [-0.4, -0.2) is 100 Å². The van der Waals surface area contributed by atoms with Crippen LogP contribution < -0.4 is 20.9 Å². The molecule has 3 aliphatic heterocycles. The number of imide groups is 1. The van der Waals surface area contributed by atoms with Crippen molar-refractivity contribution in [3.8, 4) is 11.3 Å². The van der Waals surface area contributed by atoms with Crippen LogP contribution in [0.3, 0.4) is 0 Å². The molecule has 3 N–H and O–H groups in total. The van der Waals surface area contributed by atoms with Gasteiger partial charge in [-0.05, 0) is 75.2 Å². The van der Waals surface area contributed by atoms with Crippen LogP contribution >= 0.6 is 0 Å². The number of unbranched alkanes of at least 4 members (excludes halogenated alkanes) is 7. The molecule has 19 heteroatoms. The highest BCUT2D eigenvalue weighted by Crippen LogP contribution is 2.40. The number of piperidine rings is 1. The second kappa shape index (κ2) is 20.9. The average Bonchev–Trinajstić information content (AvgIpc) is 3.88. The number of nitrogens with zero attached hydrogens (tertiary/aromatic N) is 6. The summed E-state index contributed by atoms with van der Waals surface area (Å²) in [5.74, 6) is -1.46. The van der Waals surface area contributed by atoms with Gasteiger partial charge in [0.25, 0.3) is 5.91 Å². The molecular weight excluding hydrogens is 900 g/mol. The molecule has 2 saturated heterocycles. The molecule has 1 unspecified atom stereocenters. The Hall–Kier alpha value is -6.34. The Labute approximate surface area is 393 Å². The van der Waals surface area contributed by atoms with Crippen molar-refractivity contribution in [1.29, 1.82) is 0 Å². The summed E-state index contributed by atoms with van der Waals surface area (Å²) in [4.78, 5) is 64.5. The largest absolute Gasteiger partial charge is 0.419 e. The Morgan fingerprint density at radius 3 is 2.26 bits per heavy atom. The van der Waals surface area contributed by atoms with Crippen LogP contribution in [0.1, 0.15) is 99.0 Å². The number of rotatable bonds is 19. The van der Waals surface area contributed by atoms with Gasteiger partial charge in [0.05, 0.1) is 17.0 Å². The molecule has 8 rings (SSSR count). The number of piperazine rings is 1. The molecule has 15 nitrogen and oxygen atoms in total. The van der Waals surface area contributed by atoms with Crippen molar-refractivity contribution in [2.45, 2.75) is 96.3 Å². The SMILES string of the molecule is CCS(=O)(=O)n1cc(-c2nc(Nc3ccc(N4CCN(CCCCCCCCCCC(=O)Nc5cccc6c5CN(C5CCC(=O)NC5=O)C6=O)CC4)cc3)ncc2C(F)(F)F)c2ccccc21. The molecule has 3 aliphatic rings. The summed E-state index contributed by atoms with van der Waals surface area (Å²) in [7, 11) is -3.81. The first-order valence-corrected chi connectivity index (χ1v) is 25.0. The van der Waals surface area contributed by atoms with E-state index in [0.29, 0.717) is 34.3 Å². The van der Waals surface area contributed by atoms with E-state index >= 15 is 0 Å². The fourth-order valence-corrected chi connectivity index (χ4v) is 10.3. The second-order valence-electron chi connectivity index (χ2n) is 17.6. The molecule has 2 aromatic heterocycles. The second-order valence-corrected chi connectivity index (χ2v) is 19.7. The fourth-order valence-electron chi connectivity index (χ4n) is 9.27. The van der Waals surface area contributed by atoms with E-state index in [9.17, 15) is 40.8 Å². The predicted octanol–water partition coefficient (Wildman–Crippen LogP) is 8.09. The lowest BCUT2D eigenvalue weighted by molar-refractivity contribution is -0.138. The van der Waals surface area contributed by atoms with Crippen molar-refractivity contribution < 1.29 is 40.8 Å². The first-order valence-electron chi connectivity index (χ1n) is 23.4. The number of amides is 4. The van der Waals surface area contributed by atoms with E-state index in [1.54, 1.807) is 42.5 Å². The van der Waals surface area contributed by atoms with Crippen molar-refractivity contribution in [2.24, 2.45) is 0 Å². The summed E-state index contributed by atoms with van der Waals surface area (Å²) >= 11 is 0. The molecule has 360 valence electrons. The van der Waals surface area contributed by atoms with Gasteiger partial charge in [-0.3, -0.25) is 29.4 Å². The van der Waals surface area contributed by atoms with Crippen molar-refractivity contribution in [2.75, 3.05) is 54.0 Å². The Morgan fingerprint density at radius 1 is 0.853 bits per heavy atom. The first kappa shape index (κ1) is 48.1. The zero-order valence-electron chi connectivity index (χ0n) is 38.0. The maximum atomic E-state index is 14.3. The van der Waals surface area contributed by atoms with E-state index in [0.717, 1.165) is 93.5 Å². The third kappa shape index (κ3) is 11.0. The number of hydrogen-bond donors (Lipinski definition) is 3. The van der Waals surface area contributed by atoms with Crippen LogP contribution in [0, 0.1) is 0 Å². The maximum Gasteiger partial charge on any atom is 0.419 e. The molecule has 0 spiro atoms. The van der Waals surface area contributed by atoms with Crippen LogP contribution in [0.5, 0.6) is 0 Å². The summed E-state index contributed by atoms with van der Waals surface area (Å²) < 4.78 is 69.6. The highest BCUT2D eigenvalue weighted by atomic mass is 32.2. The van der Waals surface area contributed by atoms with Gasteiger partial charge in [0.2, 0.25) is 33.7 Å². The number of alkyl halides is 3. The van der Waals surface area contributed by atoms with Gasteiger partial charge in [-0.15, -0.1) is 0 Å². The number of para-hydroxylation sites is 1. The fraction of sp³-hybridized carbons (Fsp3) is 0.429. The van der Waals surface area contributed by atoms with Crippen LogP contribution in [0.4, 0.5) is 36.2 Å².